The van der Waals surface area contributed by atoms with E-state index in [1.165, 1.54) is 0 Å². The van der Waals surface area contributed by atoms with Crippen molar-refractivity contribution in [1.29, 1.82) is 0 Å². The van der Waals surface area contributed by atoms with Gasteiger partial charge in [-0.2, -0.15) is 0 Å². The fraction of sp³-hybridized carbons (Fsp3) is 0.300. The van der Waals surface area contributed by atoms with Gasteiger partial charge < -0.3 is 11.2 Å². The highest BCUT2D eigenvalue weighted by molar-refractivity contribution is 5.78. The molecular weight excluding hydrogens is 176 g/mol. The molecule has 0 amide bonds. The lowest BCUT2D eigenvalue weighted by Crippen LogP contribution is -2.23. The molecule has 0 saturated heterocycles. The molecule has 0 spiro atoms. The van der Waals surface area contributed by atoms with Crippen LogP contribution >= 0.6 is 0 Å². The van der Waals surface area contributed by atoms with Crippen LogP contribution in [-0.4, -0.2) is 15.7 Å². The SMILES string of the molecule is CC(C)Nn1c(N)nc2ccccc21. The summed E-state index contributed by atoms with van der Waals surface area (Å²) in [5.74, 6) is 0.500. The van der Waals surface area contributed by atoms with E-state index in [9.17, 15) is 0 Å². The van der Waals surface area contributed by atoms with Crippen molar-refractivity contribution in [2.24, 2.45) is 0 Å². The molecule has 0 saturated carbocycles. The molecule has 4 heteroatoms. The van der Waals surface area contributed by atoms with Crippen LogP contribution in [-0.2, 0) is 0 Å². The lowest BCUT2D eigenvalue weighted by atomic mass is 10.3. The molecule has 0 aliphatic heterocycles. The number of hydrogen-bond acceptors (Lipinski definition) is 3. The molecule has 0 fully saturated rings. The maximum atomic E-state index is 5.79. The molecule has 0 aliphatic rings. The number of nitrogens with two attached hydrogens (primary N) is 1. The second kappa shape index (κ2) is 3.21. The number of fused-ring (bicyclic) bond motifs is 1. The molecule has 0 bridgehead atoms. The van der Waals surface area contributed by atoms with Crippen molar-refractivity contribution in [3.63, 3.8) is 0 Å². The summed E-state index contributed by atoms with van der Waals surface area (Å²) in [7, 11) is 0. The number of anilines is 1. The topological polar surface area (TPSA) is 55.9 Å². The van der Waals surface area contributed by atoms with Crippen molar-refractivity contribution in [2.75, 3.05) is 11.2 Å². The molecule has 1 heterocycles. The maximum Gasteiger partial charge on any atom is 0.220 e. The minimum Gasteiger partial charge on any atom is -0.368 e. The number of nitrogen functional groups attached to an aromatic ring is 1. The van der Waals surface area contributed by atoms with E-state index >= 15 is 0 Å². The maximum absolute atomic E-state index is 5.79. The summed E-state index contributed by atoms with van der Waals surface area (Å²) >= 11 is 0. The number of benzene rings is 1. The molecule has 4 nitrogen and oxygen atoms in total. The predicted octanol–water partition coefficient (Wildman–Crippen LogP) is 1.57. The standard InChI is InChI=1S/C10H14N4/c1-7(2)13-14-9-6-4-3-5-8(9)12-10(14)11/h3-7,13H,1-2H3,(H2,11,12). The van der Waals surface area contributed by atoms with Crippen LogP contribution in [0.3, 0.4) is 0 Å². The Hall–Kier alpha value is -1.71. The van der Waals surface area contributed by atoms with Gasteiger partial charge in [0, 0.05) is 6.04 Å². The number of aromatic nitrogens is 2. The Labute approximate surface area is 82.7 Å². The first kappa shape index (κ1) is 8.87. The van der Waals surface area contributed by atoms with Crippen molar-refractivity contribution in [2.45, 2.75) is 19.9 Å². The lowest BCUT2D eigenvalue weighted by Gasteiger charge is -2.12. The average Bonchev–Trinajstić information content (AvgIpc) is 2.43. The van der Waals surface area contributed by atoms with Crippen LogP contribution in [0.15, 0.2) is 24.3 Å². The van der Waals surface area contributed by atoms with Crippen molar-refractivity contribution < 1.29 is 0 Å². The monoisotopic (exact) mass is 190 g/mol. The van der Waals surface area contributed by atoms with Gasteiger partial charge in [0.05, 0.1) is 11.0 Å². The molecule has 0 unspecified atom stereocenters. The number of nitrogens with zero attached hydrogens (tertiary/aromatic N) is 2. The summed E-state index contributed by atoms with van der Waals surface area (Å²) in [5, 5.41) is 0. The molecule has 0 atom stereocenters. The second-order valence-corrected chi connectivity index (χ2v) is 3.58. The molecule has 74 valence electrons. The third kappa shape index (κ3) is 1.39. The number of rotatable bonds is 2. The van der Waals surface area contributed by atoms with E-state index in [1.807, 2.05) is 28.9 Å². The Kier molecular flexibility index (Phi) is 2.04. The molecule has 2 aromatic rings. The molecule has 0 aliphatic carbocycles. The Morgan fingerprint density at radius 3 is 2.79 bits per heavy atom. The Morgan fingerprint density at radius 2 is 2.07 bits per heavy atom. The summed E-state index contributed by atoms with van der Waals surface area (Å²) in [5.41, 5.74) is 10.9. The van der Waals surface area contributed by atoms with E-state index in [0.29, 0.717) is 12.0 Å². The quantitative estimate of drug-likeness (QED) is 0.755. The van der Waals surface area contributed by atoms with E-state index in [2.05, 4.69) is 24.3 Å². The lowest BCUT2D eigenvalue weighted by molar-refractivity contribution is 0.757. The molecule has 14 heavy (non-hydrogen) atoms. The first-order chi connectivity index (χ1) is 6.68. The fourth-order valence-electron chi connectivity index (χ4n) is 1.44. The molecular formula is C10H14N4. The van der Waals surface area contributed by atoms with Crippen molar-refractivity contribution in [1.82, 2.24) is 9.66 Å². The van der Waals surface area contributed by atoms with Crippen LogP contribution in [0.4, 0.5) is 5.95 Å². The largest absolute Gasteiger partial charge is 0.368 e. The zero-order chi connectivity index (χ0) is 10.1. The molecule has 1 aromatic carbocycles. The Morgan fingerprint density at radius 1 is 1.36 bits per heavy atom. The Bertz CT molecular complexity index is 444. The van der Waals surface area contributed by atoms with E-state index in [4.69, 9.17) is 5.73 Å². The third-order valence-electron chi connectivity index (χ3n) is 1.97. The van der Waals surface area contributed by atoms with Crippen LogP contribution in [0.1, 0.15) is 13.8 Å². The van der Waals surface area contributed by atoms with Gasteiger partial charge in [-0.15, -0.1) is 0 Å². The van der Waals surface area contributed by atoms with Gasteiger partial charge in [-0.25, -0.2) is 9.66 Å². The van der Waals surface area contributed by atoms with Crippen LogP contribution in [0.5, 0.6) is 0 Å². The van der Waals surface area contributed by atoms with Gasteiger partial charge in [0.2, 0.25) is 5.95 Å². The van der Waals surface area contributed by atoms with Crippen LogP contribution in [0.25, 0.3) is 11.0 Å². The summed E-state index contributed by atoms with van der Waals surface area (Å²) in [6.07, 6.45) is 0. The minimum absolute atomic E-state index is 0.329. The molecule has 1 aromatic heterocycles. The van der Waals surface area contributed by atoms with Crippen molar-refractivity contribution in [3.8, 4) is 0 Å². The fourth-order valence-corrected chi connectivity index (χ4v) is 1.44. The number of para-hydroxylation sites is 2. The Balaban J connectivity index is 2.56. The summed E-state index contributed by atoms with van der Waals surface area (Å²) in [6, 6.07) is 8.20. The summed E-state index contributed by atoms with van der Waals surface area (Å²) in [6.45, 7) is 4.13. The highest BCUT2D eigenvalue weighted by Crippen LogP contribution is 2.15. The van der Waals surface area contributed by atoms with E-state index in [-0.39, 0.29) is 0 Å². The highest BCUT2D eigenvalue weighted by Gasteiger charge is 2.06. The normalized spacial score (nSPS) is 11.1. The van der Waals surface area contributed by atoms with Crippen molar-refractivity contribution >= 4 is 17.0 Å². The van der Waals surface area contributed by atoms with Gasteiger partial charge in [0.15, 0.2) is 0 Å². The van der Waals surface area contributed by atoms with Crippen LogP contribution < -0.4 is 11.2 Å². The highest BCUT2D eigenvalue weighted by atomic mass is 15.5. The van der Waals surface area contributed by atoms with Gasteiger partial charge in [-0.1, -0.05) is 12.1 Å². The van der Waals surface area contributed by atoms with E-state index < -0.39 is 0 Å². The zero-order valence-corrected chi connectivity index (χ0v) is 8.36. The molecule has 0 radical (unpaired) electrons. The second-order valence-electron chi connectivity index (χ2n) is 3.58. The summed E-state index contributed by atoms with van der Waals surface area (Å²) < 4.78 is 1.82. The molecule has 2 rings (SSSR count). The molecule has 3 N–H and O–H groups in total. The van der Waals surface area contributed by atoms with E-state index in [1.54, 1.807) is 0 Å². The smallest absolute Gasteiger partial charge is 0.220 e. The first-order valence-corrected chi connectivity index (χ1v) is 4.68. The number of nitrogens with one attached hydrogen (secondary N) is 1. The minimum atomic E-state index is 0.329. The average molecular weight is 190 g/mol. The van der Waals surface area contributed by atoms with Gasteiger partial charge in [-0.3, -0.25) is 0 Å². The third-order valence-corrected chi connectivity index (χ3v) is 1.97. The van der Waals surface area contributed by atoms with E-state index in [0.717, 1.165) is 11.0 Å². The number of imidazole rings is 1. The van der Waals surface area contributed by atoms with Crippen LogP contribution in [0, 0.1) is 0 Å². The number of hydrogen-bond donors (Lipinski definition) is 2. The van der Waals surface area contributed by atoms with Crippen LogP contribution in [0.2, 0.25) is 0 Å². The van der Waals surface area contributed by atoms with Gasteiger partial charge in [0.25, 0.3) is 0 Å². The van der Waals surface area contributed by atoms with Gasteiger partial charge >= 0.3 is 0 Å². The first-order valence-electron chi connectivity index (χ1n) is 4.68. The van der Waals surface area contributed by atoms with Gasteiger partial charge in [-0.05, 0) is 26.0 Å². The summed E-state index contributed by atoms with van der Waals surface area (Å²) in [4.78, 5) is 4.24. The zero-order valence-electron chi connectivity index (χ0n) is 8.36. The van der Waals surface area contributed by atoms with Gasteiger partial charge in [0.1, 0.15) is 0 Å². The van der Waals surface area contributed by atoms with Crippen molar-refractivity contribution in [3.05, 3.63) is 24.3 Å². The predicted molar refractivity (Wildman–Crippen MR) is 58.6 cm³/mol.